The second kappa shape index (κ2) is 8.33. The van der Waals surface area contributed by atoms with E-state index in [1.165, 1.54) is 4.88 Å². The fourth-order valence-electron chi connectivity index (χ4n) is 4.12. The second-order valence-corrected chi connectivity index (χ2v) is 9.53. The van der Waals surface area contributed by atoms with Crippen molar-refractivity contribution in [2.45, 2.75) is 13.5 Å². The molecule has 5 aromatic rings. The Labute approximate surface area is 199 Å². The second-order valence-electron chi connectivity index (χ2n) is 8.01. The number of hydrogen-bond acceptors (Lipinski definition) is 7. The molecule has 2 N–H and O–H groups in total. The maximum Gasteiger partial charge on any atom is 0.177 e. The number of imidazole rings is 2. The van der Waals surface area contributed by atoms with Gasteiger partial charge in [0.25, 0.3) is 0 Å². The van der Waals surface area contributed by atoms with Crippen molar-refractivity contribution >= 4 is 51.1 Å². The highest BCUT2D eigenvalue weighted by atomic mass is 35.5. The number of aromatic nitrogens is 5. The minimum atomic E-state index is 0.507. The summed E-state index contributed by atoms with van der Waals surface area (Å²) in [6.45, 7) is 5.62. The van der Waals surface area contributed by atoms with E-state index in [-0.39, 0.29) is 0 Å². The Hall–Kier alpha value is -3.14. The molecule has 33 heavy (non-hydrogen) atoms. The number of rotatable bonds is 5. The lowest BCUT2D eigenvalue weighted by Crippen LogP contribution is -2.37. The first-order chi connectivity index (χ1) is 16.2. The molecule has 168 valence electrons. The zero-order valence-electron chi connectivity index (χ0n) is 18.0. The third-order valence-electron chi connectivity index (χ3n) is 5.78. The van der Waals surface area contributed by atoms with Crippen LogP contribution in [0, 0.1) is 6.92 Å². The molecule has 8 nitrogen and oxygen atoms in total. The third kappa shape index (κ3) is 3.82. The molecule has 0 bridgehead atoms. The molecular weight excluding hydrogens is 458 g/mol. The van der Waals surface area contributed by atoms with Crippen LogP contribution in [0.1, 0.15) is 10.7 Å². The zero-order valence-corrected chi connectivity index (χ0v) is 19.6. The van der Waals surface area contributed by atoms with Crippen LogP contribution in [0.5, 0.6) is 0 Å². The van der Waals surface area contributed by atoms with Crippen LogP contribution in [0.25, 0.3) is 27.9 Å². The summed E-state index contributed by atoms with van der Waals surface area (Å²) in [5, 5.41) is 11.3. The number of hydrogen-bond donors (Lipinski definition) is 2. The molecule has 0 amide bonds. The smallest absolute Gasteiger partial charge is 0.177 e. The van der Waals surface area contributed by atoms with E-state index in [2.05, 4.69) is 44.6 Å². The molecule has 0 unspecified atom stereocenters. The van der Waals surface area contributed by atoms with Gasteiger partial charge in [0.1, 0.15) is 5.82 Å². The van der Waals surface area contributed by atoms with Crippen molar-refractivity contribution in [1.29, 1.82) is 0 Å². The predicted octanol–water partition coefficient (Wildman–Crippen LogP) is 4.74. The molecule has 0 atom stereocenters. The highest BCUT2D eigenvalue weighted by Crippen LogP contribution is 2.30. The largest absolute Gasteiger partial charge is 0.378 e. The average molecular weight is 480 g/mol. The summed E-state index contributed by atoms with van der Waals surface area (Å²) in [4.78, 5) is 16.2. The van der Waals surface area contributed by atoms with E-state index < -0.39 is 0 Å². The van der Waals surface area contributed by atoms with Crippen molar-refractivity contribution in [2.75, 3.05) is 36.5 Å². The Bertz CT molecular complexity index is 1450. The minimum Gasteiger partial charge on any atom is -0.378 e. The summed E-state index contributed by atoms with van der Waals surface area (Å²) in [6.07, 6.45) is 1.89. The van der Waals surface area contributed by atoms with E-state index in [0.717, 1.165) is 58.4 Å². The number of benzene rings is 1. The van der Waals surface area contributed by atoms with E-state index in [9.17, 15) is 0 Å². The van der Waals surface area contributed by atoms with Gasteiger partial charge in [-0.1, -0.05) is 17.7 Å². The number of morpholine rings is 1. The first-order valence-corrected chi connectivity index (χ1v) is 12.1. The van der Waals surface area contributed by atoms with Gasteiger partial charge in [0, 0.05) is 35.0 Å². The van der Waals surface area contributed by atoms with E-state index in [4.69, 9.17) is 26.4 Å². The number of thiophene rings is 1. The van der Waals surface area contributed by atoms with Crippen LogP contribution in [0.3, 0.4) is 0 Å². The number of anilines is 2. The van der Waals surface area contributed by atoms with E-state index in [1.807, 2.05) is 28.9 Å². The SMILES string of the molecule is Cc1cc(-c2cnc3c(NCc4nc5cccc(Cl)c5[nH]4)cc(N4CCOCC4)nn23)cs1. The summed E-state index contributed by atoms with van der Waals surface area (Å²) in [5.74, 6) is 1.70. The number of fused-ring (bicyclic) bond motifs is 2. The molecule has 1 saturated heterocycles. The molecule has 1 aliphatic heterocycles. The zero-order chi connectivity index (χ0) is 22.4. The maximum absolute atomic E-state index is 6.31. The van der Waals surface area contributed by atoms with Crippen molar-refractivity contribution in [3.8, 4) is 11.3 Å². The van der Waals surface area contributed by atoms with Gasteiger partial charge < -0.3 is 19.9 Å². The monoisotopic (exact) mass is 479 g/mol. The molecule has 1 fully saturated rings. The number of para-hydroxylation sites is 1. The maximum atomic E-state index is 6.31. The van der Waals surface area contributed by atoms with Crippen LogP contribution in [0.15, 0.2) is 41.9 Å². The van der Waals surface area contributed by atoms with Crippen LogP contribution in [-0.4, -0.2) is 50.9 Å². The number of halogens is 1. The fraction of sp³-hybridized carbons (Fsp3) is 0.261. The molecule has 1 aromatic carbocycles. The summed E-state index contributed by atoms with van der Waals surface area (Å²) < 4.78 is 7.47. The van der Waals surface area contributed by atoms with Crippen LogP contribution < -0.4 is 10.2 Å². The highest BCUT2D eigenvalue weighted by Gasteiger charge is 2.19. The van der Waals surface area contributed by atoms with Gasteiger partial charge in [-0.05, 0) is 25.1 Å². The van der Waals surface area contributed by atoms with Gasteiger partial charge in [0.15, 0.2) is 11.5 Å². The lowest BCUT2D eigenvalue weighted by atomic mass is 10.2. The number of nitrogens with one attached hydrogen (secondary N) is 2. The Morgan fingerprint density at radius 3 is 2.91 bits per heavy atom. The molecule has 6 rings (SSSR count). The molecule has 10 heteroatoms. The fourth-order valence-corrected chi connectivity index (χ4v) is 5.03. The lowest BCUT2D eigenvalue weighted by Gasteiger charge is -2.28. The van der Waals surface area contributed by atoms with Gasteiger partial charge in [-0.25, -0.2) is 14.5 Å². The molecule has 1 aliphatic rings. The number of ether oxygens (including phenoxy) is 1. The van der Waals surface area contributed by atoms with Crippen LogP contribution in [0.4, 0.5) is 11.5 Å². The number of nitrogens with zero attached hydrogens (tertiary/aromatic N) is 5. The molecule has 0 saturated carbocycles. The van der Waals surface area contributed by atoms with Gasteiger partial charge in [0.05, 0.1) is 53.4 Å². The normalized spacial score (nSPS) is 14.4. The molecule has 0 radical (unpaired) electrons. The molecular formula is C23H22ClN7OS. The summed E-state index contributed by atoms with van der Waals surface area (Å²) in [5.41, 5.74) is 5.47. The van der Waals surface area contributed by atoms with Crippen molar-refractivity contribution in [2.24, 2.45) is 0 Å². The Balaban J connectivity index is 1.39. The lowest BCUT2D eigenvalue weighted by molar-refractivity contribution is 0.122. The first kappa shape index (κ1) is 20.5. The standard InChI is InChI=1S/C23H22ClN7OS/c1-14-9-15(13-33-14)19-11-26-23-18(10-21(29-31(19)23)30-5-7-32-8-6-30)25-12-20-27-17-4-2-3-16(24)22(17)28-20/h2-4,9-11,13,25H,5-8,12H2,1H3,(H,27,28). The van der Waals surface area contributed by atoms with E-state index in [1.54, 1.807) is 11.3 Å². The van der Waals surface area contributed by atoms with Gasteiger partial charge in [-0.3, -0.25) is 0 Å². The first-order valence-electron chi connectivity index (χ1n) is 10.8. The minimum absolute atomic E-state index is 0.507. The topological polar surface area (TPSA) is 83.4 Å². The third-order valence-corrected chi connectivity index (χ3v) is 6.96. The van der Waals surface area contributed by atoms with E-state index >= 15 is 0 Å². The number of aromatic amines is 1. The summed E-state index contributed by atoms with van der Waals surface area (Å²) >= 11 is 8.03. The van der Waals surface area contributed by atoms with Crippen molar-refractivity contribution in [3.63, 3.8) is 0 Å². The van der Waals surface area contributed by atoms with Crippen molar-refractivity contribution in [1.82, 2.24) is 24.6 Å². The van der Waals surface area contributed by atoms with Crippen molar-refractivity contribution in [3.05, 3.63) is 57.6 Å². The van der Waals surface area contributed by atoms with Crippen LogP contribution in [-0.2, 0) is 11.3 Å². The number of H-pyrrole nitrogens is 1. The highest BCUT2D eigenvalue weighted by molar-refractivity contribution is 7.10. The molecule has 0 aliphatic carbocycles. The van der Waals surface area contributed by atoms with Gasteiger partial charge in [-0.2, -0.15) is 0 Å². The summed E-state index contributed by atoms with van der Waals surface area (Å²) in [7, 11) is 0. The molecule has 4 aromatic heterocycles. The van der Waals surface area contributed by atoms with Gasteiger partial charge >= 0.3 is 0 Å². The van der Waals surface area contributed by atoms with Crippen LogP contribution >= 0.6 is 22.9 Å². The van der Waals surface area contributed by atoms with Gasteiger partial charge in [0.2, 0.25) is 0 Å². The predicted molar refractivity (Wildman–Crippen MR) is 132 cm³/mol. The Kier molecular flexibility index (Phi) is 5.17. The quantitative estimate of drug-likeness (QED) is 0.378. The molecule has 0 spiro atoms. The Morgan fingerprint density at radius 2 is 2.12 bits per heavy atom. The summed E-state index contributed by atoms with van der Waals surface area (Å²) in [6, 6.07) is 9.95. The average Bonchev–Trinajstić information content (AvgIpc) is 3.56. The van der Waals surface area contributed by atoms with E-state index in [0.29, 0.717) is 24.8 Å². The molecule has 5 heterocycles. The van der Waals surface area contributed by atoms with Gasteiger partial charge in [-0.15, -0.1) is 16.4 Å². The van der Waals surface area contributed by atoms with Crippen LogP contribution in [0.2, 0.25) is 5.02 Å². The van der Waals surface area contributed by atoms with Crippen molar-refractivity contribution < 1.29 is 4.74 Å². The Morgan fingerprint density at radius 1 is 1.24 bits per heavy atom. The number of aryl methyl sites for hydroxylation is 1.